The largest absolute Gasteiger partial charge is 0.374 e. The van der Waals surface area contributed by atoms with E-state index in [1.54, 1.807) is 6.20 Å². The molecule has 2 aliphatic rings. The van der Waals surface area contributed by atoms with Crippen molar-refractivity contribution in [1.82, 2.24) is 4.98 Å². The first kappa shape index (κ1) is 8.56. The molecule has 3 heterocycles. The summed E-state index contributed by atoms with van der Waals surface area (Å²) in [6.45, 7) is 0. The molecule has 0 spiro atoms. The highest BCUT2D eigenvalue weighted by molar-refractivity contribution is 7.13. The number of thiazole rings is 1. The zero-order chi connectivity index (χ0) is 9.54. The van der Waals surface area contributed by atoms with Crippen molar-refractivity contribution in [3.05, 3.63) is 16.1 Å². The number of nitrogens with zero attached hydrogens (tertiary/aromatic N) is 1. The van der Waals surface area contributed by atoms with E-state index in [-0.39, 0.29) is 0 Å². The molecule has 74 valence electrons. The maximum Gasteiger partial charge on any atom is 0.161 e. The Kier molecular flexibility index (Phi) is 1.92. The number of ether oxygens (including phenoxy) is 1. The Morgan fingerprint density at radius 2 is 2.50 bits per heavy atom. The van der Waals surface area contributed by atoms with Gasteiger partial charge in [-0.15, -0.1) is 11.3 Å². The van der Waals surface area contributed by atoms with E-state index >= 15 is 0 Å². The van der Waals surface area contributed by atoms with Gasteiger partial charge < -0.3 is 4.74 Å². The van der Waals surface area contributed by atoms with Crippen molar-refractivity contribution in [1.29, 1.82) is 0 Å². The Balaban J connectivity index is 1.85. The molecule has 0 amide bonds. The van der Waals surface area contributed by atoms with Gasteiger partial charge in [-0.2, -0.15) is 0 Å². The molecule has 0 aliphatic carbocycles. The van der Waals surface area contributed by atoms with Crippen LogP contribution in [0.1, 0.15) is 39.9 Å². The van der Waals surface area contributed by atoms with E-state index in [0.29, 0.717) is 18.1 Å². The Labute approximate surface area is 86.1 Å². The summed E-state index contributed by atoms with van der Waals surface area (Å²) in [7, 11) is 0. The fraction of sp³-hybridized carbons (Fsp3) is 0.600. The fourth-order valence-electron chi connectivity index (χ4n) is 2.42. The van der Waals surface area contributed by atoms with Crippen LogP contribution in [0.2, 0.25) is 0 Å². The minimum atomic E-state index is 0.366. The van der Waals surface area contributed by atoms with Crippen LogP contribution in [0.15, 0.2) is 6.20 Å². The lowest BCUT2D eigenvalue weighted by Gasteiger charge is -2.15. The summed E-state index contributed by atoms with van der Waals surface area (Å²) in [4.78, 5) is 15.6. The van der Waals surface area contributed by atoms with Gasteiger partial charge in [0.05, 0.1) is 22.1 Å². The van der Waals surface area contributed by atoms with E-state index < -0.39 is 0 Å². The van der Waals surface area contributed by atoms with Gasteiger partial charge >= 0.3 is 0 Å². The summed E-state index contributed by atoms with van der Waals surface area (Å²) in [5, 5.41) is 1.08. The number of aldehydes is 1. The predicted octanol–water partition coefficient (Wildman–Crippen LogP) is 1.99. The maximum atomic E-state index is 10.5. The van der Waals surface area contributed by atoms with E-state index in [2.05, 4.69) is 4.98 Å². The SMILES string of the molecule is O=Cc1cnc(C2CC3CCC2O3)s1. The van der Waals surface area contributed by atoms with Crippen molar-refractivity contribution in [3.8, 4) is 0 Å². The zero-order valence-electron chi connectivity index (χ0n) is 7.68. The summed E-state index contributed by atoms with van der Waals surface area (Å²) in [6, 6.07) is 0. The number of rotatable bonds is 2. The molecule has 14 heavy (non-hydrogen) atoms. The van der Waals surface area contributed by atoms with Gasteiger partial charge in [0.25, 0.3) is 0 Å². The van der Waals surface area contributed by atoms with Crippen molar-refractivity contribution in [2.75, 3.05) is 0 Å². The molecule has 3 atom stereocenters. The number of carbonyl (C=O) groups excluding carboxylic acids is 1. The third kappa shape index (κ3) is 1.21. The molecule has 0 aromatic carbocycles. The van der Waals surface area contributed by atoms with E-state index in [1.165, 1.54) is 17.8 Å². The third-order valence-corrected chi connectivity index (χ3v) is 4.14. The van der Waals surface area contributed by atoms with Gasteiger partial charge in [-0.05, 0) is 19.3 Å². The lowest BCUT2D eigenvalue weighted by molar-refractivity contribution is 0.100. The highest BCUT2D eigenvalue weighted by Crippen LogP contribution is 2.45. The lowest BCUT2D eigenvalue weighted by atomic mass is 9.90. The van der Waals surface area contributed by atoms with Gasteiger partial charge in [0.2, 0.25) is 0 Å². The minimum Gasteiger partial charge on any atom is -0.374 e. The second kappa shape index (κ2) is 3.14. The molecular weight excluding hydrogens is 198 g/mol. The molecule has 3 unspecified atom stereocenters. The molecule has 2 saturated heterocycles. The average molecular weight is 209 g/mol. The van der Waals surface area contributed by atoms with Crippen LogP contribution in [-0.4, -0.2) is 23.5 Å². The minimum absolute atomic E-state index is 0.366. The molecule has 4 heteroatoms. The lowest BCUT2D eigenvalue weighted by Crippen LogP contribution is -2.13. The Morgan fingerprint density at radius 3 is 3.07 bits per heavy atom. The predicted molar refractivity (Wildman–Crippen MR) is 52.8 cm³/mol. The van der Waals surface area contributed by atoms with Gasteiger partial charge in [0.15, 0.2) is 6.29 Å². The Bertz CT molecular complexity index is 363. The fourth-order valence-corrected chi connectivity index (χ4v) is 3.32. The summed E-state index contributed by atoms with van der Waals surface area (Å²) in [5.74, 6) is 0.451. The normalized spacial score (nSPS) is 35.0. The van der Waals surface area contributed by atoms with Crippen LogP contribution in [0.5, 0.6) is 0 Å². The molecule has 1 aromatic heterocycles. The van der Waals surface area contributed by atoms with Gasteiger partial charge in [0, 0.05) is 12.1 Å². The van der Waals surface area contributed by atoms with Gasteiger partial charge in [-0.25, -0.2) is 4.98 Å². The third-order valence-electron chi connectivity index (χ3n) is 3.08. The van der Waals surface area contributed by atoms with E-state index in [9.17, 15) is 4.79 Å². The standard InChI is InChI=1S/C10H11NO2S/c12-5-7-4-11-10(14-7)8-3-6-1-2-9(8)13-6/h4-6,8-9H,1-3H2. The maximum absolute atomic E-state index is 10.5. The van der Waals surface area contributed by atoms with E-state index in [4.69, 9.17) is 4.74 Å². The number of fused-ring (bicyclic) bond motifs is 2. The molecular formula is C10H11NO2S. The van der Waals surface area contributed by atoms with Crippen molar-refractivity contribution in [2.45, 2.75) is 37.4 Å². The molecule has 0 radical (unpaired) electrons. The number of aromatic nitrogens is 1. The van der Waals surface area contributed by atoms with Crippen molar-refractivity contribution >= 4 is 17.6 Å². The summed E-state index contributed by atoms with van der Waals surface area (Å²) in [5.41, 5.74) is 0. The molecule has 0 N–H and O–H groups in total. The van der Waals surface area contributed by atoms with Crippen molar-refractivity contribution < 1.29 is 9.53 Å². The second-order valence-corrected chi connectivity index (χ2v) is 5.03. The summed E-state index contributed by atoms with van der Waals surface area (Å²) in [6.07, 6.45) is 6.81. The van der Waals surface area contributed by atoms with Crippen LogP contribution in [-0.2, 0) is 4.74 Å². The van der Waals surface area contributed by atoms with Gasteiger partial charge in [0.1, 0.15) is 0 Å². The molecule has 2 bridgehead atoms. The monoisotopic (exact) mass is 209 g/mol. The smallest absolute Gasteiger partial charge is 0.161 e. The van der Waals surface area contributed by atoms with Crippen LogP contribution in [0.3, 0.4) is 0 Å². The first-order chi connectivity index (χ1) is 6.86. The number of hydrogen-bond acceptors (Lipinski definition) is 4. The molecule has 3 rings (SSSR count). The van der Waals surface area contributed by atoms with Crippen LogP contribution in [0, 0.1) is 0 Å². The molecule has 2 aliphatic heterocycles. The number of hydrogen-bond donors (Lipinski definition) is 0. The van der Waals surface area contributed by atoms with E-state index in [0.717, 1.165) is 29.0 Å². The van der Waals surface area contributed by atoms with Crippen molar-refractivity contribution in [2.24, 2.45) is 0 Å². The highest BCUT2D eigenvalue weighted by atomic mass is 32.1. The summed E-state index contributed by atoms with van der Waals surface area (Å²) < 4.78 is 5.76. The molecule has 1 aromatic rings. The van der Waals surface area contributed by atoms with Gasteiger partial charge in [-0.1, -0.05) is 0 Å². The second-order valence-electron chi connectivity index (χ2n) is 3.93. The molecule has 3 nitrogen and oxygen atoms in total. The summed E-state index contributed by atoms with van der Waals surface area (Å²) >= 11 is 1.51. The van der Waals surface area contributed by atoms with Crippen LogP contribution < -0.4 is 0 Å². The van der Waals surface area contributed by atoms with Crippen molar-refractivity contribution in [3.63, 3.8) is 0 Å². The Morgan fingerprint density at radius 1 is 1.57 bits per heavy atom. The van der Waals surface area contributed by atoms with Crippen LogP contribution in [0.4, 0.5) is 0 Å². The highest BCUT2D eigenvalue weighted by Gasteiger charge is 2.42. The molecule has 0 saturated carbocycles. The quantitative estimate of drug-likeness (QED) is 0.699. The van der Waals surface area contributed by atoms with Gasteiger partial charge in [-0.3, -0.25) is 4.79 Å². The topological polar surface area (TPSA) is 39.2 Å². The Hall–Kier alpha value is -0.740. The molecule has 2 fully saturated rings. The van der Waals surface area contributed by atoms with E-state index in [1.807, 2.05) is 0 Å². The zero-order valence-corrected chi connectivity index (χ0v) is 8.50. The number of carbonyl (C=O) groups is 1. The first-order valence-corrected chi connectivity index (χ1v) is 5.75. The van der Waals surface area contributed by atoms with Crippen LogP contribution in [0.25, 0.3) is 0 Å². The van der Waals surface area contributed by atoms with Crippen LogP contribution >= 0.6 is 11.3 Å². The first-order valence-electron chi connectivity index (χ1n) is 4.93. The average Bonchev–Trinajstić information content (AvgIpc) is 2.93.